The minimum absolute atomic E-state index is 0.00444. The van der Waals surface area contributed by atoms with Crippen molar-refractivity contribution < 1.29 is 19.0 Å². The van der Waals surface area contributed by atoms with Crippen molar-refractivity contribution in [1.82, 2.24) is 15.1 Å². The molecule has 0 spiro atoms. The monoisotopic (exact) mass is 460 g/mol. The molecule has 5 rings (SSSR count). The van der Waals surface area contributed by atoms with Crippen LogP contribution >= 0.6 is 0 Å². The fourth-order valence-electron chi connectivity index (χ4n) is 4.19. The van der Waals surface area contributed by atoms with E-state index in [1.54, 1.807) is 0 Å². The zero-order chi connectivity index (χ0) is 23.7. The van der Waals surface area contributed by atoms with Gasteiger partial charge in [-0.2, -0.15) is 0 Å². The number of rotatable bonds is 5. The van der Waals surface area contributed by atoms with Gasteiger partial charge in [0.05, 0.1) is 5.69 Å². The standard InChI is InChI=1S/C26H28N4O4/c1-17-4-5-18(2)23(14-17)34-19(3)26(31)30-12-10-29(11-13-30)25-9-7-21(27-28-25)20-6-8-22-24(15-20)33-16-32-22/h4-9,14-15,19H,10-13,16H2,1-3H3. The molecule has 0 saturated carbocycles. The molecule has 1 aromatic heterocycles. The van der Waals surface area contributed by atoms with E-state index in [-0.39, 0.29) is 12.7 Å². The van der Waals surface area contributed by atoms with Crippen LogP contribution in [0, 0.1) is 13.8 Å². The Balaban J connectivity index is 1.18. The second kappa shape index (κ2) is 9.21. The number of piperazine rings is 1. The number of amides is 1. The maximum atomic E-state index is 13.0. The summed E-state index contributed by atoms with van der Waals surface area (Å²) in [4.78, 5) is 17.0. The van der Waals surface area contributed by atoms with E-state index in [4.69, 9.17) is 14.2 Å². The smallest absolute Gasteiger partial charge is 0.263 e. The van der Waals surface area contributed by atoms with Crippen LogP contribution in [0.3, 0.4) is 0 Å². The molecule has 176 valence electrons. The van der Waals surface area contributed by atoms with Gasteiger partial charge in [0.15, 0.2) is 23.4 Å². The average molecular weight is 461 g/mol. The van der Waals surface area contributed by atoms with Crippen LogP contribution in [0.5, 0.6) is 17.2 Å². The van der Waals surface area contributed by atoms with Crippen LogP contribution in [0.1, 0.15) is 18.1 Å². The molecule has 8 heteroatoms. The minimum atomic E-state index is -0.534. The first-order chi connectivity index (χ1) is 16.5. The molecule has 0 bridgehead atoms. The number of hydrogen-bond acceptors (Lipinski definition) is 7. The van der Waals surface area contributed by atoms with Crippen LogP contribution in [0.15, 0.2) is 48.5 Å². The average Bonchev–Trinajstić information content (AvgIpc) is 3.34. The summed E-state index contributed by atoms with van der Waals surface area (Å²) in [6, 6.07) is 15.7. The van der Waals surface area contributed by atoms with E-state index in [1.807, 2.05) is 74.2 Å². The summed E-state index contributed by atoms with van der Waals surface area (Å²) in [7, 11) is 0. The second-order valence-electron chi connectivity index (χ2n) is 8.69. The molecule has 2 aromatic carbocycles. The Kier molecular flexibility index (Phi) is 5.96. The van der Waals surface area contributed by atoms with Gasteiger partial charge < -0.3 is 24.0 Å². The first-order valence-corrected chi connectivity index (χ1v) is 11.5. The molecule has 2 aliphatic rings. The zero-order valence-electron chi connectivity index (χ0n) is 19.7. The number of benzene rings is 2. The number of ether oxygens (including phenoxy) is 3. The molecular formula is C26H28N4O4. The van der Waals surface area contributed by atoms with Crippen LogP contribution in [-0.2, 0) is 4.79 Å². The summed E-state index contributed by atoms with van der Waals surface area (Å²) >= 11 is 0. The Morgan fingerprint density at radius 2 is 1.74 bits per heavy atom. The number of fused-ring (bicyclic) bond motifs is 1. The molecule has 2 aliphatic heterocycles. The molecule has 1 saturated heterocycles. The highest BCUT2D eigenvalue weighted by Gasteiger charge is 2.27. The third-order valence-corrected chi connectivity index (χ3v) is 6.23. The Labute approximate surface area is 199 Å². The fourth-order valence-corrected chi connectivity index (χ4v) is 4.19. The predicted molar refractivity (Wildman–Crippen MR) is 128 cm³/mol. The third-order valence-electron chi connectivity index (χ3n) is 6.23. The molecular weight excluding hydrogens is 432 g/mol. The van der Waals surface area contributed by atoms with Gasteiger partial charge in [0, 0.05) is 31.7 Å². The van der Waals surface area contributed by atoms with Crippen molar-refractivity contribution >= 4 is 11.7 Å². The fraction of sp³-hybridized carbons (Fsp3) is 0.346. The van der Waals surface area contributed by atoms with Gasteiger partial charge in [-0.3, -0.25) is 4.79 Å². The van der Waals surface area contributed by atoms with E-state index in [0.717, 1.165) is 45.5 Å². The van der Waals surface area contributed by atoms with Gasteiger partial charge in [0.1, 0.15) is 5.75 Å². The number of nitrogens with zero attached hydrogens (tertiary/aromatic N) is 4. The lowest BCUT2D eigenvalue weighted by Crippen LogP contribution is -2.52. The molecule has 1 fully saturated rings. The molecule has 8 nitrogen and oxygen atoms in total. The van der Waals surface area contributed by atoms with Crippen molar-refractivity contribution in [3.8, 4) is 28.5 Å². The summed E-state index contributed by atoms with van der Waals surface area (Å²) in [5.41, 5.74) is 3.84. The lowest BCUT2D eigenvalue weighted by Gasteiger charge is -2.36. The van der Waals surface area contributed by atoms with E-state index < -0.39 is 6.10 Å². The Morgan fingerprint density at radius 1 is 0.941 bits per heavy atom. The molecule has 1 amide bonds. The van der Waals surface area contributed by atoms with Crippen molar-refractivity contribution in [3.63, 3.8) is 0 Å². The molecule has 1 atom stereocenters. The van der Waals surface area contributed by atoms with Crippen molar-refractivity contribution in [2.24, 2.45) is 0 Å². The van der Waals surface area contributed by atoms with Crippen molar-refractivity contribution in [1.29, 1.82) is 0 Å². The number of aryl methyl sites for hydroxylation is 2. The predicted octanol–water partition coefficient (Wildman–Crippen LogP) is 3.61. The molecule has 3 heterocycles. The molecule has 3 aromatic rings. The minimum Gasteiger partial charge on any atom is -0.481 e. The van der Waals surface area contributed by atoms with Gasteiger partial charge in [-0.25, -0.2) is 0 Å². The molecule has 1 unspecified atom stereocenters. The van der Waals surface area contributed by atoms with Gasteiger partial charge >= 0.3 is 0 Å². The maximum Gasteiger partial charge on any atom is 0.263 e. The van der Waals surface area contributed by atoms with Gasteiger partial charge in [-0.05, 0) is 68.3 Å². The van der Waals surface area contributed by atoms with Crippen molar-refractivity contribution in [2.75, 3.05) is 37.9 Å². The summed E-state index contributed by atoms with van der Waals surface area (Å²) in [5, 5.41) is 8.83. The van der Waals surface area contributed by atoms with Crippen LogP contribution in [0.4, 0.5) is 5.82 Å². The van der Waals surface area contributed by atoms with Crippen molar-refractivity contribution in [2.45, 2.75) is 26.9 Å². The van der Waals surface area contributed by atoms with E-state index in [1.165, 1.54) is 0 Å². The van der Waals surface area contributed by atoms with E-state index >= 15 is 0 Å². The summed E-state index contributed by atoms with van der Waals surface area (Å²) in [6.45, 7) is 8.69. The molecule has 0 N–H and O–H groups in total. The second-order valence-corrected chi connectivity index (χ2v) is 8.69. The van der Waals surface area contributed by atoms with Gasteiger partial charge in [0.2, 0.25) is 6.79 Å². The zero-order valence-corrected chi connectivity index (χ0v) is 19.7. The third kappa shape index (κ3) is 4.48. The van der Waals surface area contributed by atoms with Crippen LogP contribution in [0.2, 0.25) is 0 Å². The quantitative estimate of drug-likeness (QED) is 0.576. The van der Waals surface area contributed by atoms with Crippen LogP contribution in [0.25, 0.3) is 11.3 Å². The van der Waals surface area contributed by atoms with Crippen LogP contribution in [-0.4, -0.2) is 60.1 Å². The lowest BCUT2D eigenvalue weighted by molar-refractivity contribution is -0.138. The number of carbonyl (C=O) groups is 1. The first kappa shape index (κ1) is 22.0. The summed E-state index contributed by atoms with van der Waals surface area (Å²) in [5.74, 6) is 3.03. The molecule has 0 aliphatic carbocycles. The number of aromatic nitrogens is 2. The summed E-state index contributed by atoms with van der Waals surface area (Å²) < 4.78 is 16.8. The van der Waals surface area contributed by atoms with Gasteiger partial charge in [-0.1, -0.05) is 12.1 Å². The van der Waals surface area contributed by atoms with Crippen LogP contribution < -0.4 is 19.1 Å². The Bertz CT molecular complexity index is 1190. The summed E-state index contributed by atoms with van der Waals surface area (Å²) in [6.07, 6.45) is -0.534. The Hall–Kier alpha value is -3.81. The topological polar surface area (TPSA) is 77.0 Å². The SMILES string of the molecule is Cc1ccc(C)c(OC(C)C(=O)N2CCN(c3ccc(-c4ccc5c(c4)OCO5)nn3)CC2)c1. The highest BCUT2D eigenvalue weighted by molar-refractivity contribution is 5.81. The van der Waals surface area contributed by atoms with Gasteiger partial charge in [-0.15, -0.1) is 10.2 Å². The number of carbonyl (C=O) groups excluding carboxylic acids is 1. The number of anilines is 1. The van der Waals surface area contributed by atoms with E-state index in [0.29, 0.717) is 26.2 Å². The maximum absolute atomic E-state index is 13.0. The highest BCUT2D eigenvalue weighted by Crippen LogP contribution is 2.35. The highest BCUT2D eigenvalue weighted by atomic mass is 16.7. The van der Waals surface area contributed by atoms with Gasteiger partial charge in [0.25, 0.3) is 5.91 Å². The Morgan fingerprint density at radius 3 is 2.50 bits per heavy atom. The van der Waals surface area contributed by atoms with E-state index in [9.17, 15) is 4.79 Å². The molecule has 34 heavy (non-hydrogen) atoms. The van der Waals surface area contributed by atoms with Crippen molar-refractivity contribution in [3.05, 3.63) is 59.7 Å². The normalized spacial score (nSPS) is 15.9. The van der Waals surface area contributed by atoms with E-state index in [2.05, 4.69) is 15.1 Å². The largest absolute Gasteiger partial charge is 0.481 e. The number of hydrogen-bond donors (Lipinski definition) is 0. The molecule has 0 radical (unpaired) electrons. The lowest BCUT2D eigenvalue weighted by atomic mass is 10.1. The first-order valence-electron chi connectivity index (χ1n) is 11.5.